The molecule has 0 radical (unpaired) electrons. The van der Waals surface area contributed by atoms with E-state index >= 15 is 0 Å². The average Bonchev–Trinajstić information content (AvgIpc) is 2.62. The molecule has 0 spiro atoms. The third kappa shape index (κ3) is 3.42. The van der Waals surface area contributed by atoms with E-state index < -0.39 is 0 Å². The third-order valence-electron chi connectivity index (χ3n) is 2.65. The monoisotopic (exact) mass is 206 g/mol. The van der Waals surface area contributed by atoms with Crippen molar-refractivity contribution >= 4 is 5.84 Å². The minimum atomic E-state index is 0.923. The van der Waals surface area contributed by atoms with Crippen LogP contribution in [0.5, 0.6) is 0 Å². The van der Waals surface area contributed by atoms with Gasteiger partial charge in [-0.1, -0.05) is 6.42 Å². The maximum absolute atomic E-state index is 5.27. The van der Waals surface area contributed by atoms with E-state index in [1.54, 1.807) is 6.26 Å². The van der Waals surface area contributed by atoms with Crippen LogP contribution in [0, 0.1) is 0 Å². The highest BCUT2D eigenvalue weighted by atomic mass is 16.3. The second-order valence-electron chi connectivity index (χ2n) is 3.90. The minimum absolute atomic E-state index is 0.923. The molecule has 15 heavy (non-hydrogen) atoms. The molecule has 0 saturated heterocycles. The van der Waals surface area contributed by atoms with Gasteiger partial charge in [0.1, 0.15) is 5.76 Å². The van der Waals surface area contributed by atoms with Gasteiger partial charge in [0, 0.05) is 25.9 Å². The van der Waals surface area contributed by atoms with Crippen LogP contribution in [-0.2, 0) is 6.42 Å². The Labute approximate surface area is 90.6 Å². The number of rotatable bonds is 3. The minimum Gasteiger partial charge on any atom is -0.469 e. The van der Waals surface area contributed by atoms with Crippen LogP contribution in [0.15, 0.2) is 27.8 Å². The molecule has 0 unspecified atom stereocenters. The molecule has 0 aromatic carbocycles. The quantitative estimate of drug-likeness (QED) is 0.824. The summed E-state index contributed by atoms with van der Waals surface area (Å²) < 4.78 is 5.27. The van der Waals surface area contributed by atoms with E-state index in [0.29, 0.717) is 0 Å². The van der Waals surface area contributed by atoms with Crippen molar-refractivity contribution in [1.29, 1.82) is 0 Å². The summed E-state index contributed by atoms with van der Waals surface area (Å²) in [4.78, 5) is 4.52. The molecule has 1 aromatic rings. The second kappa shape index (κ2) is 5.59. The van der Waals surface area contributed by atoms with Crippen molar-refractivity contribution in [1.82, 2.24) is 5.32 Å². The predicted octanol–water partition coefficient (Wildman–Crippen LogP) is 2.38. The van der Waals surface area contributed by atoms with Gasteiger partial charge in [0.05, 0.1) is 12.1 Å². The predicted molar refractivity (Wildman–Crippen MR) is 61.2 cm³/mol. The molecule has 0 atom stereocenters. The van der Waals surface area contributed by atoms with Crippen molar-refractivity contribution in [3.63, 3.8) is 0 Å². The summed E-state index contributed by atoms with van der Waals surface area (Å²) in [6.45, 7) is 1.91. The summed E-state index contributed by atoms with van der Waals surface area (Å²) in [6.07, 6.45) is 7.59. The first-order chi connectivity index (χ1) is 7.45. The van der Waals surface area contributed by atoms with Crippen molar-refractivity contribution < 1.29 is 4.42 Å². The standard InChI is InChI=1S/C12H18N2O/c1-2-6-12(13-8-3-1)14-9-7-11-5-4-10-15-11/h4-5,10H,1-3,6-9H2,(H,13,14). The lowest BCUT2D eigenvalue weighted by Gasteiger charge is -2.06. The van der Waals surface area contributed by atoms with Crippen LogP contribution in [0.2, 0.25) is 0 Å². The Kier molecular flexibility index (Phi) is 3.83. The fourth-order valence-electron chi connectivity index (χ4n) is 1.80. The molecule has 0 saturated carbocycles. The van der Waals surface area contributed by atoms with Gasteiger partial charge < -0.3 is 9.73 Å². The van der Waals surface area contributed by atoms with E-state index in [-0.39, 0.29) is 0 Å². The van der Waals surface area contributed by atoms with Crippen molar-refractivity contribution in [2.24, 2.45) is 4.99 Å². The second-order valence-corrected chi connectivity index (χ2v) is 3.90. The first-order valence-electron chi connectivity index (χ1n) is 5.75. The number of hydrogen-bond donors (Lipinski definition) is 1. The number of nitrogens with one attached hydrogen (secondary N) is 1. The van der Waals surface area contributed by atoms with Crippen LogP contribution in [-0.4, -0.2) is 18.9 Å². The van der Waals surface area contributed by atoms with Gasteiger partial charge in [0.2, 0.25) is 0 Å². The van der Waals surface area contributed by atoms with Crippen molar-refractivity contribution in [2.45, 2.75) is 32.1 Å². The lowest BCUT2D eigenvalue weighted by atomic mass is 10.2. The summed E-state index contributed by atoms with van der Waals surface area (Å²) in [7, 11) is 0. The largest absolute Gasteiger partial charge is 0.469 e. The van der Waals surface area contributed by atoms with E-state index in [1.165, 1.54) is 25.1 Å². The lowest BCUT2D eigenvalue weighted by molar-refractivity contribution is 0.507. The van der Waals surface area contributed by atoms with E-state index in [1.807, 2.05) is 12.1 Å². The Morgan fingerprint density at radius 2 is 2.33 bits per heavy atom. The number of furan rings is 1. The fraction of sp³-hybridized carbons (Fsp3) is 0.583. The van der Waals surface area contributed by atoms with Crippen LogP contribution in [0.4, 0.5) is 0 Å². The van der Waals surface area contributed by atoms with Crippen LogP contribution in [0.25, 0.3) is 0 Å². The average molecular weight is 206 g/mol. The smallest absolute Gasteiger partial charge is 0.105 e. The SMILES string of the molecule is c1coc(CCNC2=NCCCCC2)c1. The van der Waals surface area contributed by atoms with Crippen LogP contribution < -0.4 is 5.32 Å². The van der Waals surface area contributed by atoms with Crippen molar-refractivity contribution in [2.75, 3.05) is 13.1 Å². The summed E-state index contributed by atoms with van der Waals surface area (Å²) in [5.41, 5.74) is 0. The molecule has 0 fully saturated rings. The van der Waals surface area contributed by atoms with Crippen LogP contribution >= 0.6 is 0 Å². The molecule has 2 heterocycles. The molecule has 1 aliphatic rings. The Morgan fingerprint density at radius 1 is 1.33 bits per heavy atom. The Morgan fingerprint density at radius 3 is 3.20 bits per heavy atom. The van der Waals surface area contributed by atoms with Crippen molar-refractivity contribution in [3.05, 3.63) is 24.2 Å². The maximum atomic E-state index is 5.27. The van der Waals surface area contributed by atoms with Gasteiger partial charge in [-0.05, 0) is 25.0 Å². The number of nitrogens with zero attached hydrogens (tertiary/aromatic N) is 1. The molecule has 1 aromatic heterocycles. The normalized spacial score (nSPS) is 16.9. The van der Waals surface area contributed by atoms with Gasteiger partial charge >= 0.3 is 0 Å². The molecule has 0 bridgehead atoms. The molecule has 0 amide bonds. The Hall–Kier alpha value is -1.25. The maximum Gasteiger partial charge on any atom is 0.105 e. The zero-order valence-electron chi connectivity index (χ0n) is 9.04. The lowest BCUT2D eigenvalue weighted by Crippen LogP contribution is -2.25. The molecule has 0 aliphatic carbocycles. The molecule has 82 valence electrons. The van der Waals surface area contributed by atoms with Gasteiger partial charge in [-0.2, -0.15) is 0 Å². The molecule has 1 aliphatic heterocycles. The Bertz CT molecular complexity index is 303. The number of amidine groups is 1. The van der Waals surface area contributed by atoms with Crippen molar-refractivity contribution in [3.8, 4) is 0 Å². The van der Waals surface area contributed by atoms with E-state index in [0.717, 1.165) is 31.7 Å². The van der Waals surface area contributed by atoms with E-state index in [2.05, 4.69) is 10.3 Å². The first kappa shape index (κ1) is 10.3. The van der Waals surface area contributed by atoms with Gasteiger partial charge in [-0.15, -0.1) is 0 Å². The number of hydrogen-bond acceptors (Lipinski definition) is 3. The van der Waals surface area contributed by atoms with Gasteiger partial charge in [-0.25, -0.2) is 0 Å². The molecular formula is C12H18N2O. The highest BCUT2D eigenvalue weighted by molar-refractivity contribution is 5.82. The Balaban J connectivity index is 1.70. The van der Waals surface area contributed by atoms with E-state index in [4.69, 9.17) is 4.42 Å². The zero-order chi connectivity index (χ0) is 10.3. The highest BCUT2D eigenvalue weighted by Crippen LogP contribution is 2.06. The van der Waals surface area contributed by atoms with Crippen LogP contribution in [0.3, 0.4) is 0 Å². The van der Waals surface area contributed by atoms with Crippen LogP contribution in [0.1, 0.15) is 31.4 Å². The summed E-state index contributed by atoms with van der Waals surface area (Å²) in [5, 5.41) is 3.39. The summed E-state index contributed by atoms with van der Waals surface area (Å²) >= 11 is 0. The summed E-state index contributed by atoms with van der Waals surface area (Å²) in [5.74, 6) is 2.22. The van der Waals surface area contributed by atoms with Gasteiger partial charge in [-0.3, -0.25) is 4.99 Å². The van der Waals surface area contributed by atoms with E-state index in [9.17, 15) is 0 Å². The fourth-order valence-corrected chi connectivity index (χ4v) is 1.80. The molecule has 2 rings (SSSR count). The molecular weight excluding hydrogens is 188 g/mol. The van der Waals surface area contributed by atoms with Gasteiger partial charge in [0.25, 0.3) is 0 Å². The number of aliphatic imine (C=N–C) groups is 1. The summed E-state index contributed by atoms with van der Waals surface area (Å²) in [6, 6.07) is 3.94. The molecule has 3 nitrogen and oxygen atoms in total. The zero-order valence-corrected chi connectivity index (χ0v) is 9.04. The highest BCUT2D eigenvalue weighted by Gasteiger charge is 2.03. The first-order valence-corrected chi connectivity index (χ1v) is 5.75. The topological polar surface area (TPSA) is 37.5 Å². The molecule has 3 heteroatoms. The van der Waals surface area contributed by atoms with Gasteiger partial charge in [0.15, 0.2) is 0 Å². The molecule has 1 N–H and O–H groups in total. The third-order valence-corrected chi connectivity index (χ3v) is 2.65.